The highest BCUT2D eigenvalue weighted by Crippen LogP contribution is 2.17. The van der Waals surface area contributed by atoms with Crippen LogP contribution in [0.25, 0.3) is 0 Å². The molecule has 0 spiro atoms. The molecule has 1 heterocycles. The first-order chi connectivity index (χ1) is 9.61. The van der Waals surface area contributed by atoms with Crippen LogP contribution in [0.5, 0.6) is 0 Å². The van der Waals surface area contributed by atoms with Gasteiger partial charge in [-0.15, -0.1) is 5.10 Å². The molecule has 2 N–H and O–H groups in total. The Morgan fingerprint density at radius 3 is 2.85 bits per heavy atom. The fraction of sp³-hybridized carbons (Fsp3) is 0.357. The molecule has 0 unspecified atom stereocenters. The van der Waals surface area contributed by atoms with Crippen LogP contribution in [0.3, 0.4) is 0 Å². The third-order valence-electron chi connectivity index (χ3n) is 3.11. The summed E-state index contributed by atoms with van der Waals surface area (Å²) < 4.78 is 1.72. The molecule has 1 amide bonds. The number of amides is 1. The SMILES string of the molecule is CCNC(=O)c1ccc(C)c(NCc2cnnn2C)c1. The highest BCUT2D eigenvalue weighted by Gasteiger charge is 2.07. The standard InChI is InChI=1S/C14H19N5O/c1-4-15-14(20)11-6-5-10(2)13(7-11)16-8-12-9-17-18-19(12)3/h5-7,9,16H,4,8H2,1-3H3,(H,15,20). The second kappa shape index (κ2) is 6.18. The van der Waals surface area contributed by atoms with Crippen LogP contribution in [-0.2, 0) is 13.6 Å². The second-order valence-electron chi connectivity index (χ2n) is 4.59. The van der Waals surface area contributed by atoms with E-state index in [4.69, 9.17) is 0 Å². The number of carbonyl (C=O) groups is 1. The lowest BCUT2D eigenvalue weighted by Crippen LogP contribution is -2.22. The van der Waals surface area contributed by atoms with Crippen LogP contribution in [-0.4, -0.2) is 27.4 Å². The molecule has 1 aromatic heterocycles. The Morgan fingerprint density at radius 1 is 1.40 bits per heavy atom. The van der Waals surface area contributed by atoms with Crippen LogP contribution >= 0.6 is 0 Å². The molecule has 0 fully saturated rings. The molecule has 1 aromatic carbocycles. The van der Waals surface area contributed by atoms with Crippen LogP contribution in [0, 0.1) is 6.92 Å². The Hall–Kier alpha value is -2.37. The summed E-state index contributed by atoms with van der Waals surface area (Å²) in [6.07, 6.45) is 1.72. The number of rotatable bonds is 5. The van der Waals surface area contributed by atoms with Gasteiger partial charge in [-0.05, 0) is 31.5 Å². The molecule has 0 saturated carbocycles. The highest BCUT2D eigenvalue weighted by atomic mass is 16.1. The maximum atomic E-state index is 11.8. The van der Waals surface area contributed by atoms with E-state index in [0.29, 0.717) is 18.7 Å². The summed E-state index contributed by atoms with van der Waals surface area (Å²) in [5, 5.41) is 13.8. The van der Waals surface area contributed by atoms with Crippen molar-refractivity contribution in [2.24, 2.45) is 7.05 Å². The normalized spacial score (nSPS) is 10.3. The molecule has 2 rings (SSSR count). The van der Waals surface area contributed by atoms with Gasteiger partial charge in [-0.25, -0.2) is 0 Å². The minimum Gasteiger partial charge on any atom is -0.379 e. The van der Waals surface area contributed by atoms with Gasteiger partial charge in [0.25, 0.3) is 5.91 Å². The van der Waals surface area contributed by atoms with Crippen molar-refractivity contribution in [3.63, 3.8) is 0 Å². The van der Waals surface area contributed by atoms with Gasteiger partial charge >= 0.3 is 0 Å². The Kier molecular flexibility index (Phi) is 4.34. The zero-order valence-electron chi connectivity index (χ0n) is 12.0. The zero-order valence-corrected chi connectivity index (χ0v) is 12.0. The molecule has 20 heavy (non-hydrogen) atoms. The van der Waals surface area contributed by atoms with E-state index in [9.17, 15) is 4.79 Å². The van der Waals surface area contributed by atoms with Crippen LogP contribution in [0.15, 0.2) is 24.4 Å². The van der Waals surface area contributed by atoms with Crippen molar-refractivity contribution in [3.05, 3.63) is 41.2 Å². The summed E-state index contributed by atoms with van der Waals surface area (Å²) in [5.74, 6) is -0.0576. The molecule has 6 heteroatoms. The lowest BCUT2D eigenvalue weighted by molar-refractivity contribution is 0.0956. The number of hydrogen-bond donors (Lipinski definition) is 2. The Morgan fingerprint density at radius 2 is 2.20 bits per heavy atom. The Bertz CT molecular complexity index is 605. The fourth-order valence-corrected chi connectivity index (χ4v) is 1.87. The molecule has 0 aliphatic carbocycles. The highest BCUT2D eigenvalue weighted by molar-refractivity contribution is 5.95. The molecule has 2 aromatic rings. The smallest absolute Gasteiger partial charge is 0.251 e. The molecule has 0 aliphatic rings. The summed E-state index contributed by atoms with van der Waals surface area (Å²) in [6, 6.07) is 5.63. The molecular formula is C14H19N5O. The van der Waals surface area contributed by atoms with Crippen molar-refractivity contribution in [2.75, 3.05) is 11.9 Å². The van der Waals surface area contributed by atoms with E-state index < -0.39 is 0 Å². The van der Waals surface area contributed by atoms with Gasteiger partial charge in [0.05, 0.1) is 18.4 Å². The van der Waals surface area contributed by atoms with Gasteiger partial charge in [0, 0.05) is 24.8 Å². The largest absolute Gasteiger partial charge is 0.379 e. The molecule has 0 bridgehead atoms. The molecule has 0 atom stereocenters. The lowest BCUT2D eigenvalue weighted by Gasteiger charge is -2.11. The Labute approximate surface area is 118 Å². The number of nitrogens with zero attached hydrogens (tertiary/aromatic N) is 3. The van der Waals surface area contributed by atoms with E-state index in [1.165, 1.54) is 0 Å². The Balaban J connectivity index is 2.12. The number of aryl methyl sites for hydroxylation is 2. The van der Waals surface area contributed by atoms with Gasteiger partial charge in [-0.2, -0.15) is 0 Å². The van der Waals surface area contributed by atoms with Gasteiger partial charge in [-0.3, -0.25) is 9.48 Å². The number of hydrogen-bond acceptors (Lipinski definition) is 4. The molecule has 0 saturated heterocycles. The van der Waals surface area contributed by atoms with Crippen molar-refractivity contribution in [2.45, 2.75) is 20.4 Å². The van der Waals surface area contributed by atoms with Gasteiger partial charge in [0.15, 0.2) is 0 Å². The van der Waals surface area contributed by atoms with Crippen molar-refractivity contribution < 1.29 is 4.79 Å². The summed E-state index contributed by atoms with van der Waals surface area (Å²) in [6.45, 7) is 5.14. The first kappa shape index (κ1) is 14.0. The summed E-state index contributed by atoms with van der Waals surface area (Å²) in [7, 11) is 1.85. The van der Waals surface area contributed by atoms with E-state index in [0.717, 1.165) is 16.9 Å². The van der Waals surface area contributed by atoms with Gasteiger partial charge < -0.3 is 10.6 Å². The van der Waals surface area contributed by atoms with Gasteiger partial charge in [0.1, 0.15) is 0 Å². The van der Waals surface area contributed by atoms with E-state index in [-0.39, 0.29) is 5.91 Å². The van der Waals surface area contributed by atoms with Gasteiger partial charge in [0.2, 0.25) is 0 Å². The average Bonchev–Trinajstić information content (AvgIpc) is 2.83. The van der Waals surface area contributed by atoms with Crippen molar-refractivity contribution in [1.29, 1.82) is 0 Å². The number of aromatic nitrogens is 3. The van der Waals surface area contributed by atoms with E-state index >= 15 is 0 Å². The van der Waals surface area contributed by atoms with Crippen molar-refractivity contribution in [1.82, 2.24) is 20.3 Å². The number of nitrogens with one attached hydrogen (secondary N) is 2. The fourth-order valence-electron chi connectivity index (χ4n) is 1.87. The second-order valence-corrected chi connectivity index (χ2v) is 4.59. The number of benzene rings is 1. The van der Waals surface area contributed by atoms with E-state index in [2.05, 4.69) is 20.9 Å². The monoisotopic (exact) mass is 273 g/mol. The summed E-state index contributed by atoms with van der Waals surface area (Å²) in [5.41, 5.74) is 3.67. The van der Waals surface area contributed by atoms with Crippen molar-refractivity contribution >= 4 is 11.6 Å². The number of carbonyl (C=O) groups excluding carboxylic acids is 1. The third-order valence-corrected chi connectivity index (χ3v) is 3.11. The van der Waals surface area contributed by atoms with E-state index in [1.807, 2.05) is 39.1 Å². The lowest BCUT2D eigenvalue weighted by atomic mass is 10.1. The maximum Gasteiger partial charge on any atom is 0.251 e. The average molecular weight is 273 g/mol. The molecule has 6 nitrogen and oxygen atoms in total. The quantitative estimate of drug-likeness (QED) is 0.865. The predicted octanol–water partition coefficient (Wildman–Crippen LogP) is 1.49. The third kappa shape index (κ3) is 3.14. The van der Waals surface area contributed by atoms with Crippen LogP contribution < -0.4 is 10.6 Å². The number of anilines is 1. The maximum absolute atomic E-state index is 11.8. The summed E-state index contributed by atoms with van der Waals surface area (Å²) >= 11 is 0. The van der Waals surface area contributed by atoms with Gasteiger partial charge in [-0.1, -0.05) is 11.3 Å². The van der Waals surface area contributed by atoms with Crippen LogP contribution in [0.1, 0.15) is 28.5 Å². The minimum atomic E-state index is -0.0576. The van der Waals surface area contributed by atoms with Crippen LogP contribution in [0.4, 0.5) is 5.69 Å². The first-order valence-electron chi connectivity index (χ1n) is 6.58. The molecule has 0 aliphatic heterocycles. The zero-order chi connectivity index (χ0) is 14.5. The predicted molar refractivity (Wildman–Crippen MR) is 77.5 cm³/mol. The molecule has 106 valence electrons. The van der Waals surface area contributed by atoms with E-state index in [1.54, 1.807) is 10.9 Å². The van der Waals surface area contributed by atoms with Crippen molar-refractivity contribution in [3.8, 4) is 0 Å². The first-order valence-corrected chi connectivity index (χ1v) is 6.58. The van der Waals surface area contributed by atoms with Crippen LogP contribution in [0.2, 0.25) is 0 Å². The topological polar surface area (TPSA) is 71.8 Å². The molecule has 0 radical (unpaired) electrons. The molecular weight excluding hydrogens is 254 g/mol. The summed E-state index contributed by atoms with van der Waals surface area (Å²) in [4.78, 5) is 11.8. The minimum absolute atomic E-state index is 0.0576.